The SMILES string of the molecule is CC(C)(C)NC(=O)C(=O)[C@H](C[C@@H]1CCNC1=O)NC(=O)[C@@H]1[C@H]2CCC[C@H]2CN1C(=O)[C@@H](N)C1CCC1. The number of carbonyl (C=O) groups is 5. The number of nitrogens with two attached hydrogens (primary N) is 1. The van der Waals surface area contributed by atoms with Gasteiger partial charge in [-0.3, -0.25) is 24.0 Å². The summed E-state index contributed by atoms with van der Waals surface area (Å²) in [5.74, 6) is -2.45. The molecule has 6 atom stereocenters. The van der Waals surface area contributed by atoms with Gasteiger partial charge in [-0.15, -0.1) is 0 Å². The third-order valence-corrected chi connectivity index (χ3v) is 8.41. The van der Waals surface area contributed by atoms with Crippen molar-refractivity contribution in [1.29, 1.82) is 0 Å². The van der Waals surface area contributed by atoms with Crippen LogP contribution in [-0.2, 0) is 24.0 Å². The third kappa shape index (κ3) is 5.58. The third-order valence-electron chi connectivity index (χ3n) is 8.41. The summed E-state index contributed by atoms with van der Waals surface area (Å²) in [6.07, 6.45) is 6.28. The van der Waals surface area contributed by atoms with Gasteiger partial charge in [0.1, 0.15) is 6.04 Å². The van der Waals surface area contributed by atoms with Crippen molar-refractivity contribution in [3.63, 3.8) is 0 Å². The van der Waals surface area contributed by atoms with Crippen molar-refractivity contribution in [2.24, 2.45) is 29.4 Å². The number of nitrogens with zero attached hydrogens (tertiary/aromatic N) is 1. The Morgan fingerprint density at radius 3 is 2.36 bits per heavy atom. The molecule has 2 aliphatic carbocycles. The van der Waals surface area contributed by atoms with Gasteiger partial charge in [0.15, 0.2) is 0 Å². The maximum absolute atomic E-state index is 13.7. The summed E-state index contributed by atoms with van der Waals surface area (Å²) in [5.41, 5.74) is 5.68. The average Bonchev–Trinajstić information content (AvgIpc) is 3.45. The highest BCUT2D eigenvalue weighted by Gasteiger charge is 2.51. The summed E-state index contributed by atoms with van der Waals surface area (Å²) in [7, 11) is 0. The molecule has 0 unspecified atom stereocenters. The van der Waals surface area contributed by atoms with Crippen LogP contribution >= 0.6 is 0 Å². The Balaban J connectivity index is 1.53. The molecular weight excluding hydrogens is 462 g/mol. The molecule has 5 N–H and O–H groups in total. The molecule has 200 valence electrons. The van der Waals surface area contributed by atoms with Gasteiger partial charge < -0.3 is 26.6 Å². The number of amides is 4. The number of likely N-dealkylation sites (tertiary alicyclic amines) is 1. The quantitative estimate of drug-likeness (QED) is 0.348. The number of Topliss-reactive ketones (excluding diaryl/α,β-unsaturated/α-hetero) is 1. The van der Waals surface area contributed by atoms with Crippen molar-refractivity contribution < 1.29 is 24.0 Å². The zero-order valence-electron chi connectivity index (χ0n) is 21.7. The van der Waals surface area contributed by atoms with Crippen molar-refractivity contribution in [3.05, 3.63) is 0 Å². The second-order valence-corrected chi connectivity index (χ2v) is 12.1. The summed E-state index contributed by atoms with van der Waals surface area (Å²) >= 11 is 0. The maximum atomic E-state index is 13.7. The lowest BCUT2D eigenvalue weighted by Gasteiger charge is -2.35. The van der Waals surface area contributed by atoms with E-state index in [0.717, 1.165) is 38.5 Å². The lowest BCUT2D eigenvalue weighted by molar-refractivity contribution is -0.144. The van der Waals surface area contributed by atoms with E-state index in [4.69, 9.17) is 5.73 Å². The number of hydrogen-bond acceptors (Lipinski definition) is 6. The Kier molecular flexibility index (Phi) is 7.73. The molecule has 2 saturated heterocycles. The number of ketones is 1. The topological polar surface area (TPSA) is 151 Å². The minimum Gasteiger partial charge on any atom is -0.356 e. The number of nitrogens with one attached hydrogen (secondary N) is 3. The van der Waals surface area contributed by atoms with Gasteiger partial charge in [-0.1, -0.05) is 12.8 Å². The largest absolute Gasteiger partial charge is 0.356 e. The Morgan fingerprint density at radius 1 is 1.08 bits per heavy atom. The van der Waals surface area contributed by atoms with Crippen molar-refractivity contribution in [2.45, 2.75) is 95.8 Å². The first-order valence-electron chi connectivity index (χ1n) is 13.5. The number of fused-ring (bicyclic) bond motifs is 1. The molecule has 0 aromatic carbocycles. The molecule has 0 aromatic rings. The first kappa shape index (κ1) is 26.6. The first-order chi connectivity index (χ1) is 17.0. The van der Waals surface area contributed by atoms with Gasteiger partial charge in [-0.2, -0.15) is 0 Å². The van der Waals surface area contributed by atoms with E-state index in [9.17, 15) is 24.0 Å². The van der Waals surface area contributed by atoms with E-state index in [1.807, 2.05) is 0 Å². The molecule has 2 aliphatic heterocycles. The van der Waals surface area contributed by atoms with Crippen LogP contribution in [0, 0.1) is 23.7 Å². The molecule has 4 amide bonds. The van der Waals surface area contributed by atoms with Gasteiger partial charge >= 0.3 is 0 Å². The predicted octanol–water partition coefficient (Wildman–Crippen LogP) is 0.236. The molecule has 2 heterocycles. The number of hydrogen-bond donors (Lipinski definition) is 4. The molecule has 10 heteroatoms. The monoisotopic (exact) mass is 503 g/mol. The predicted molar refractivity (Wildman–Crippen MR) is 132 cm³/mol. The van der Waals surface area contributed by atoms with E-state index in [1.54, 1.807) is 25.7 Å². The number of rotatable bonds is 8. The standard InChI is InChI=1S/C26H41N5O5/c1-26(2,3)30-24(35)21(32)18(12-15-10-11-28-22(15)33)29-23(34)20-17-9-5-8-16(17)13-31(20)25(36)19(27)14-6-4-7-14/h14-20H,4-13,27H2,1-3H3,(H,28,33)(H,29,34)(H,30,35)/t15-,16-,17-,18-,19-,20-/m0/s1. The van der Waals surface area contributed by atoms with Gasteiger partial charge in [0, 0.05) is 24.5 Å². The van der Waals surface area contributed by atoms with Crippen LogP contribution in [0.25, 0.3) is 0 Å². The average molecular weight is 504 g/mol. The minimum absolute atomic E-state index is 0.0106. The fourth-order valence-corrected chi connectivity index (χ4v) is 6.26. The molecule has 36 heavy (non-hydrogen) atoms. The highest BCUT2D eigenvalue weighted by molar-refractivity contribution is 6.38. The van der Waals surface area contributed by atoms with Crippen LogP contribution in [0.4, 0.5) is 0 Å². The Labute approximate surface area is 212 Å². The molecule has 0 aromatic heterocycles. The normalized spacial score (nSPS) is 29.7. The van der Waals surface area contributed by atoms with Gasteiger partial charge in [-0.25, -0.2) is 0 Å². The molecule has 2 saturated carbocycles. The lowest BCUT2D eigenvalue weighted by Crippen LogP contribution is -2.58. The Bertz CT molecular complexity index is 911. The first-order valence-corrected chi connectivity index (χ1v) is 13.5. The van der Waals surface area contributed by atoms with E-state index in [2.05, 4.69) is 16.0 Å². The van der Waals surface area contributed by atoms with Crippen LogP contribution in [-0.4, -0.2) is 71.1 Å². The van der Waals surface area contributed by atoms with Crippen LogP contribution in [0.2, 0.25) is 0 Å². The lowest BCUT2D eigenvalue weighted by atomic mass is 9.79. The molecule has 0 radical (unpaired) electrons. The highest BCUT2D eigenvalue weighted by Crippen LogP contribution is 2.43. The minimum atomic E-state index is -1.15. The Hall–Kier alpha value is -2.49. The molecule has 0 spiro atoms. The van der Waals surface area contributed by atoms with Crippen LogP contribution in [0.1, 0.15) is 72.1 Å². The summed E-state index contributed by atoms with van der Waals surface area (Å²) in [5, 5.41) is 8.21. The van der Waals surface area contributed by atoms with E-state index in [-0.39, 0.29) is 36.0 Å². The van der Waals surface area contributed by atoms with Gasteiger partial charge in [0.2, 0.25) is 23.5 Å². The fourth-order valence-electron chi connectivity index (χ4n) is 6.26. The molecular formula is C26H41N5O5. The highest BCUT2D eigenvalue weighted by atomic mass is 16.2. The molecule has 0 bridgehead atoms. The smallest absolute Gasteiger partial charge is 0.290 e. The van der Waals surface area contributed by atoms with Crippen molar-refractivity contribution in [2.75, 3.05) is 13.1 Å². The van der Waals surface area contributed by atoms with E-state index >= 15 is 0 Å². The summed E-state index contributed by atoms with van der Waals surface area (Å²) in [6, 6.07) is -2.48. The van der Waals surface area contributed by atoms with Crippen LogP contribution < -0.4 is 21.7 Å². The van der Waals surface area contributed by atoms with Gasteiger partial charge in [0.05, 0.1) is 12.1 Å². The summed E-state index contributed by atoms with van der Waals surface area (Å²) in [6.45, 7) is 6.30. The van der Waals surface area contributed by atoms with Crippen molar-refractivity contribution in [1.82, 2.24) is 20.9 Å². The van der Waals surface area contributed by atoms with Crippen molar-refractivity contribution >= 4 is 29.4 Å². The van der Waals surface area contributed by atoms with Crippen molar-refractivity contribution in [3.8, 4) is 0 Å². The zero-order valence-corrected chi connectivity index (χ0v) is 21.7. The van der Waals surface area contributed by atoms with E-state index in [0.29, 0.717) is 19.5 Å². The van der Waals surface area contributed by atoms with E-state index in [1.165, 1.54) is 0 Å². The van der Waals surface area contributed by atoms with Crippen LogP contribution in [0.15, 0.2) is 0 Å². The molecule has 4 rings (SSSR count). The molecule has 4 fully saturated rings. The summed E-state index contributed by atoms with van der Waals surface area (Å²) in [4.78, 5) is 66.9. The molecule has 4 aliphatic rings. The second-order valence-electron chi connectivity index (χ2n) is 12.1. The number of carbonyl (C=O) groups excluding carboxylic acids is 5. The second kappa shape index (κ2) is 10.5. The zero-order chi connectivity index (χ0) is 26.2. The van der Waals surface area contributed by atoms with Gasteiger partial charge in [0.25, 0.3) is 5.91 Å². The Morgan fingerprint density at radius 2 is 1.78 bits per heavy atom. The van der Waals surface area contributed by atoms with Gasteiger partial charge in [-0.05, 0) is 77.0 Å². The maximum Gasteiger partial charge on any atom is 0.290 e. The van der Waals surface area contributed by atoms with Crippen LogP contribution in [0.5, 0.6) is 0 Å². The van der Waals surface area contributed by atoms with Crippen LogP contribution in [0.3, 0.4) is 0 Å². The molecule has 10 nitrogen and oxygen atoms in total. The van der Waals surface area contributed by atoms with E-state index < -0.39 is 47.2 Å². The fraction of sp³-hybridized carbons (Fsp3) is 0.808. The summed E-state index contributed by atoms with van der Waals surface area (Å²) < 4.78 is 0.